The standard InChI is InChI=1S/C34H25FN2O5/c1-41-22-15-16-26(27(17-22)42-2)28-29(30(38)19-11-13-21(35)14-12-19)37-31(23-8-4-3-7-20(23)18-36-37)34(28)32(39)24-9-5-6-10-25(24)33(34)40/h3-18,28-29,31H,1-2H3/t28-,29-,31+/m1/s1. The van der Waals surface area contributed by atoms with Gasteiger partial charge in [-0.25, -0.2) is 4.39 Å². The van der Waals surface area contributed by atoms with Crippen LogP contribution in [-0.2, 0) is 0 Å². The maximum Gasteiger partial charge on any atom is 0.187 e. The topological polar surface area (TPSA) is 85.3 Å². The van der Waals surface area contributed by atoms with Gasteiger partial charge in [0.25, 0.3) is 0 Å². The number of halogens is 1. The Morgan fingerprint density at radius 3 is 2.17 bits per heavy atom. The lowest BCUT2D eigenvalue weighted by molar-refractivity contribution is 0.0585. The monoisotopic (exact) mass is 560 g/mol. The second kappa shape index (κ2) is 9.48. The third kappa shape index (κ3) is 3.38. The highest BCUT2D eigenvalue weighted by Gasteiger charge is 2.73. The molecule has 0 N–H and O–H groups in total. The van der Waals surface area contributed by atoms with E-state index in [1.807, 2.05) is 24.3 Å². The van der Waals surface area contributed by atoms with Gasteiger partial charge in [-0.3, -0.25) is 19.4 Å². The molecule has 0 bridgehead atoms. The van der Waals surface area contributed by atoms with E-state index in [1.54, 1.807) is 53.7 Å². The van der Waals surface area contributed by atoms with Crippen LogP contribution < -0.4 is 9.47 Å². The summed E-state index contributed by atoms with van der Waals surface area (Å²) >= 11 is 0. The molecular formula is C34H25FN2O5. The van der Waals surface area contributed by atoms with Gasteiger partial charge in [0, 0.05) is 34.2 Å². The average Bonchev–Trinajstić information content (AvgIpc) is 3.46. The minimum absolute atomic E-state index is 0.235. The fraction of sp³-hybridized carbons (Fsp3) is 0.176. The van der Waals surface area contributed by atoms with Crippen molar-refractivity contribution in [1.82, 2.24) is 5.01 Å². The molecule has 1 saturated heterocycles. The van der Waals surface area contributed by atoms with Crippen molar-refractivity contribution in [3.8, 4) is 11.5 Å². The number of hydrazone groups is 1. The Balaban J connectivity index is 1.57. The van der Waals surface area contributed by atoms with E-state index in [9.17, 15) is 18.8 Å². The molecule has 4 aromatic rings. The lowest BCUT2D eigenvalue weighted by Crippen LogP contribution is -2.44. The zero-order valence-electron chi connectivity index (χ0n) is 22.8. The molecular weight excluding hydrogens is 535 g/mol. The molecule has 0 amide bonds. The van der Waals surface area contributed by atoms with Crippen molar-refractivity contribution in [2.24, 2.45) is 10.5 Å². The molecule has 1 aliphatic carbocycles. The number of hydrogen-bond acceptors (Lipinski definition) is 7. The summed E-state index contributed by atoms with van der Waals surface area (Å²) < 4.78 is 25.1. The highest BCUT2D eigenvalue weighted by molar-refractivity contribution is 6.31. The molecule has 0 aromatic heterocycles. The minimum Gasteiger partial charge on any atom is -0.497 e. The number of benzene rings is 4. The summed E-state index contributed by atoms with van der Waals surface area (Å²) in [6.45, 7) is 0. The minimum atomic E-state index is -1.75. The van der Waals surface area contributed by atoms with Gasteiger partial charge in [-0.2, -0.15) is 5.10 Å². The Labute approximate surface area is 241 Å². The predicted molar refractivity (Wildman–Crippen MR) is 153 cm³/mol. The van der Waals surface area contributed by atoms with E-state index < -0.39 is 35.0 Å². The maximum absolute atomic E-state index is 14.8. The van der Waals surface area contributed by atoms with E-state index in [4.69, 9.17) is 14.6 Å². The molecule has 208 valence electrons. The second-order valence-corrected chi connectivity index (χ2v) is 10.6. The molecule has 0 saturated carbocycles. The van der Waals surface area contributed by atoms with Crippen LogP contribution in [0.1, 0.15) is 59.7 Å². The van der Waals surface area contributed by atoms with E-state index in [2.05, 4.69) is 0 Å². The summed E-state index contributed by atoms with van der Waals surface area (Å²) in [4.78, 5) is 44.2. The van der Waals surface area contributed by atoms with E-state index in [0.29, 0.717) is 33.8 Å². The van der Waals surface area contributed by atoms with Crippen molar-refractivity contribution in [3.05, 3.63) is 130 Å². The molecule has 1 spiro atoms. The number of carbonyl (C=O) groups excluding carboxylic acids is 3. The van der Waals surface area contributed by atoms with Crippen molar-refractivity contribution in [1.29, 1.82) is 0 Å². The van der Waals surface area contributed by atoms with Crippen molar-refractivity contribution in [2.45, 2.75) is 18.0 Å². The Morgan fingerprint density at radius 2 is 1.50 bits per heavy atom. The second-order valence-electron chi connectivity index (χ2n) is 10.6. The quantitative estimate of drug-likeness (QED) is 0.232. The first-order valence-corrected chi connectivity index (χ1v) is 13.5. The third-order valence-electron chi connectivity index (χ3n) is 8.75. The number of hydrogen-bond donors (Lipinski definition) is 0. The Morgan fingerprint density at radius 1 is 0.833 bits per heavy atom. The van der Waals surface area contributed by atoms with Crippen LogP contribution in [0.25, 0.3) is 0 Å². The van der Waals surface area contributed by atoms with Gasteiger partial charge in [-0.1, -0.05) is 54.6 Å². The molecule has 3 aliphatic rings. The molecule has 0 radical (unpaired) electrons. The van der Waals surface area contributed by atoms with Crippen LogP contribution in [0.3, 0.4) is 0 Å². The number of Topliss-reactive ketones (excluding diaryl/α,β-unsaturated/α-hetero) is 3. The summed E-state index contributed by atoms with van der Waals surface area (Å²) in [7, 11) is 3.02. The average molecular weight is 561 g/mol. The van der Waals surface area contributed by atoms with E-state index in [1.165, 1.54) is 38.5 Å². The largest absolute Gasteiger partial charge is 0.497 e. The zero-order valence-corrected chi connectivity index (χ0v) is 22.8. The van der Waals surface area contributed by atoms with Crippen LogP contribution in [0, 0.1) is 11.2 Å². The van der Waals surface area contributed by atoms with E-state index in [-0.39, 0.29) is 17.1 Å². The number of ether oxygens (including phenoxy) is 2. The first-order valence-electron chi connectivity index (χ1n) is 13.5. The molecule has 0 unspecified atom stereocenters. The van der Waals surface area contributed by atoms with Gasteiger partial charge in [0.05, 0.1) is 26.5 Å². The maximum atomic E-state index is 14.8. The lowest BCUT2D eigenvalue weighted by atomic mass is 9.62. The number of nitrogens with zero attached hydrogens (tertiary/aromatic N) is 2. The van der Waals surface area contributed by atoms with Crippen LogP contribution in [0.4, 0.5) is 4.39 Å². The van der Waals surface area contributed by atoms with Crippen molar-refractivity contribution < 1.29 is 28.2 Å². The summed E-state index contributed by atoms with van der Waals surface area (Å²) in [5.74, 6) is -1.77. The Kier molecular flexibility index (Phi) is 5.83. The molecule has 2 heterocycles. The van der Waals surface area contributed by atoms with Crippen LogP contribution in [0.5, 0.6) is 11.5 Å². The molecule has 1 fully saturated rings. The molecule has 2 aliphatic heterocycles. The normalized spacial score (nSPS) is 21.2. The van der Waals surface area contributed by atoms with Crippen LogP contribution in [-0.4, -0.2) is 48.8 Å². The molecule has 42 heavy (non-hydrogen) atoms. The molecule has 4 aromatic carbocycles. The summed E-state index contributed by atoms with van der Waals surface area (Å²) in [5, 5.41) is 6.34. The fourth-order valence-corrected chi connectivity index (χ4v) is 6.98. The first-order chi connectivity index (χ1) is 20.4. The SMILES string of the molecule is COc1ccc([C@@H]2[C@H](C(=O)c3ccc(F)cc3)N3N=Cc4ccccc4[C@H]3C23C(=O)c2ccccc2C3=O)c(OC)c1. The molecule has 3 atom stereocenters. The fourth-order valence-electron chi connectivity index (χ4n) is 6.98. The molecule has 7 rings (SSSR count). The van der Waals surface area contributed by atoms with Crippen LogP contribution in [0.2, 0.25) is 0 Å². The highest BCUT2D eigenvalue weighted by Crippen LogP contribution is 2.65. The zero-order chi connectivity index (χ0) is 29.2. The Hall–Kier alpha value is -5.11. The van der Waals surface area contributed by atoms with Crippen LogP contribution >= 0.6 is 0 Å². The smallest absolute Gasteiger partial charge is 0.187 e. The molecule has 7 nitrogen and oxygen atoms in total. The van der Waals surface area contributed by atoms with Gasteiger partial charge in [0.2, 0.25) is 0 Å². The third-order valence-corrected chi connectivity index (χ3v) is 8.75. The van der Waals surface area contributed by atoms with E-state index >= 15 is 0 Å². The number of methoxy groups -OCH3 is 2. The van der Waals surface area contributed by atoms with Crippen molar-refractivity contribution in [2.75, 3.05) is 14.2 Å². The van der Waals surface area contributed by atoms with Gasteiger partial charge in [0.15, 0.2) is 17.3 Å². The van der Waals surface area contributed by atoms with E-state index in [0.717, 1.165) is 5.56 Å². The lowest BCUT2D eigenvalue weighted by Gasteiger charge is -2.36. The summed E-state index contributed by atoms with van der Waals surface area (Å²) in [6.07, 6.45) is 1.65. The number of fused-ring (bicyclic) bond motifs is 5. The predicted octanol–water partition coefficient (Wildman–Crippen LogP) is 5.65. The number of rotatable bonds is 5. The van der Waals surface area contributed by atoms with Crippen molar-refractivity contribution >= 4 is 23.6 Å². The van der Waals surface area contributed by atoms with Crippen LogP contribution in [0.15, 0.2) is 96.1 Å². The highest BCUT2D eigenvalue weighted by atomic mass is 19.1. The summed E-state index contributed by atoms with van der Waals surface area (Å²) in [5.41, 5.74) is 1.07. The number of carbonyl (C=O) groups is 3. The van der Waals surface area contributed by atoms with Gasteiger partial charge in [-0.05, 0) is 41.5 Å². The summed E-state index contributed by atoms with van der Waals surface area (Å²) in [6, 6.07) is 22.6. The number of ketones is 3. The Bertz CT molecular complexity index is 1780. The van der Waals surface area contributed by atoms with Crippen molar-refractivity contribution in [3.63, 3.8) is 0 Å². The van der Waals surface area contributed by atoms with Gasteiger partial charge in [0.1, 0.15) is 28.8 Å². The first kappa shape index (κ1) is 25.8. The van der Waals surface area contributed by atoms with Gasteiger partial charge in [-0.15, -0.1) is 0 Å². The van der Waals surface area contributed by atoms with Gasteiger partial charge < -0.3 is 9.47 Å². The van der Waals surface area contributed by atoms with Gasteiger partial charge >= 0.3 is 0 Å². The molecule has 8 heteroatoms.